The first-order chi connectivity index (χ1) is 10.9. The molecule has 0 radical (unpaired) electrons. The summed E-state index contributed by atoms with van der Waals surface area (Å²) in [7, 11) is 0. The highest BCUT2D eigenvalue weighted by Gasteiger charge is 2.25. The molecular weight excluding hydrogens is 308 g/mol. The van der Waals surface area contributed by atoms with Gasteiger partial charge in [0.2, 0.25) is 11.8 Å². The number of rotatable bonds is 6. The Labute approximate surface area is 132 Å². The Hall–Kier alpha value is -2.22. The van der Waals surface area contributed by atoms with E-state index >= 15 is 0 Å². The maximum atomic E-state index is 12.0. The fourth-order valence-corrected chi connectivity index (χ4v) is 2.55. The van der Waals surface area contributed by atoms with Crippen LogP contribution in [0.3, 0.4) is 0 Å². The highest BCUT2D eigenvalue weighted by atomic mass is 19.3. The van der Waals surface area contributed by atoms with Crippen LogP contribution in [0.2, 0.25) is 0 Å². The number of carbonyl (C=O) groups excluding carboxylic acids is 2. The summed E-state index contributed by atoms with van der Waals surface area (Å²) in [6.45, 7) is -1.52. The molecule has 8 heteroatoms. The number of piperidine rings is 1. The van der Waals surface area contributed by atoms with Gasteiger partial charge in [0.1, 0.15) is 5.75 Å². The third kappa shape index (κ3) is 5.48. The van der Waals surface area contributed by atoms with Crippen molar-refractivity contribution >= 4 is 17.5 Å². The molecule has 1 aromatic carbocycles. The maximum Gasteiger partial charge on any atom is 0.387 e. The van der Waals surface area contributed by atoms with Crippen LogP contribution < -0.4 is 15.8 Å². The largest absolute Gasteiger partial charge is 0.435 e. The Kier molecular flexibility index (Phi) is 5.86. The molecule has 2 amide bonds. The van der Waals surface area contributed by atoms with Gasteiger partial charge in [-0.25, -0.2) is 0 Å². The molecule has 1 aromatic rings. The molecule has 1 saturated heterocycles. The Balaban J connectivity index is 1.83. The fourth-order valence-electron chi connectivity index (χ4n) is 2.55. The lowest BCUT2D eigenvalue weighted by Gasteiger charge is -2.30. The van der Waals surface area contributed by atoms with Crippen molar-refractivity contribution in [1.29, 1.82) is 0 Å². The van der Waals surface area contributed by atoms with Crippen molar-refractivity contribution in [2.75, 3.05) is 25.0 Å². The van der Waals surface area contributed by atoms with Crippen molar-refractivity contribution in [2.24, 2.45) is 11.7 Å². The van der Waals surface area contributed by atoms with E-state index in [1.807, 2.05) is 4.90 Å². The molecule has 3 N–H and O–H groups in total. The second-order valence-corrected chi connectivity index (χ2v) is 5.43. The van der Waals surface area contributed by atoms with Crippen molar-refractivity contribution in [1.82, 2.24) is 4.90 Å². The lowest BCUT2D eigenvalue weighted by Crippen LogP contribution is -2.44. The molecule has 1 aliphatic heterocycles. The van der Waals surface area contributed by atoms with Crippen LogP contribution in [0.5, 0.6) is 5.75 Å². The average Bonchev–Trinajstić information content (AvgIpc) is 2.49. The molecule has 126 valence electrons. The van der Waals surface area contributed by atoms with E-state index in [-0.39, 0.29) is 30.0 Å². The maximum absolute atomic E-state index is 12.0. The van der Waals surface area contributed by atoms with Gasteiger partial charge < -0.3 is 15.8 Å². The van der Waals surface area contributed by atoms with E-state index < -0.39 is 6.61 Å². The number of anilines is 1. The minimum absolute atomic E-state index is 0.0262. The van der Waals surface area contributed by atoms with Gasteiger partial charge in [-0.1, -0.05) is 0 Å². The summed E-state index contributed by atoms with van der Waals surface area (Å²) in [6, 6.07) is 5.67. The number of primary amides is 1. The van der Waals surface area contributed by atoms with E-state index in [1.165, 1.54) is 24.3 Å². The summed E-state index contributed by atoms with van der Waals surface area (Å²) in [5.74, 6) is -0.775. The normalized spacial score (nSPS) is 18.7. The zero-order valence-electron chi connectivity index (χ0n) is 12.5. The van der Waals surface area contributed by atoms with Crippen LogP contribution in [0.4, 0.5) is 14.5 Å². The molecular formula is C15H19F2N3O3. The molecule has 1 fully saturated rings. The van der Waals surface area contributed by atoms with Crippen molar-refractivity contribution < 1.29 is 23.1 Å². The van der Waals surface area contributed by atoms with Crippen LogP contribution in [0.15, 0.2) is 24.3 Å². The quantitative estimate of drug-likeness (QED) is 0.828. The molecule has 2 rings (SSSR count). The lowest BCUT2D eigenvalue weighted by atomic mass is 9.97. The number of alkyl halides is 2. The number of hydrogen-bond donors (Lipinski definition) is 2. The van der Waals surface area contributed by atoms with Gasteiger partial charge in [0.05, 0.1) is 12.5 Å². The van der Waals surface area contributed by atoms with Crippen LogP contribution in [0.25, 0.3) is 0 Å². The molecule has 1 aliphatic rings. The van der Waals surface area contributed by atoms with Gasteiger partial charge >= 0.3 is 6.61 Å². The van der Waals surface area contributed by atoms with E-state index in [1.54, 1.807) is 0 Å². The van der Waals surface area contributed by atoms with Gasteiger partial charge in [0, 0.05) is 12.2 Å². The Bertz CT molecular complexity index is 551. The summed E-state index contributed by atoms with van der Waals surface area (Å²) in [5, 5.41) is 2.67. The zero-order valence-corrected chi connectivity index (χ0v) is 12.5. The lowest BCUT2D eigenvalue weighted by molar-refractivity contribution is -0.125. The minimum atomic E-state index is -2.88. The number of nitrogens with one attached hydrogen (secondary N) is 1. The topological polar surface area (TPSA) is 84.7 Å². The number of benzene rings is 1. The molecule has 0 aliphatic carbocycles. The highest BCUT2D eigenvalue weighted by Crippen LogP contribution is 2.18. The zero-order chi connectivity index (χ0) is 16.8. The number of amides is 2. The van der Waals surface area contributed by atoms with Gasteiger partial charge in [0.25, 0.3) is 0 Å². The van der Waals surface area contributed by atoms with Crippen molar-refractivity contribution in [3.63, 3.8) is 0 Å². The van der Waals surface area contributed by atoms with Gasteiger partial charge in [0.15, 0.2) is 0 Å². The van der Waals surface area contributed by atoms with Crippen LogP contribution in [-0.2, 0) is 9.59 Å². The number of likely N-dealkylation sites (tertiary alicyclic amines) is 1. The van der Waals surface area contributed by atoms with E-state index in [9.17, 15) is 18.4 Å². The number of hydrogen-bond acceptors (Lipinski definition) is 4. The number of halogens is 2. The van der Waals surface area contributed by atoms with E-state index in [0.717, 1.165) is 19.4 Å². The Morgan fingerprint density at radius 1 is 1.35 bits per heavy atom. The van der Waals surface area contributed by atoms with Gasteiger partial charge in [-0.15, -0.1) is 0 Å². The summed E-state index contributed by atoms with van der Waals surface area (Å²) >= 11 is 0. The summed E-state index contributed by atoms with van der Waals surface area (Å²) in [4.78, 5) is 25.1. The van der Waals surface area contributed by atoms with Crippen molar-refractivity contribution in [3.05, 3.63) is 24.3 Å². The second-order valence-electron chi connectivity index (χ2n) is 5.43. The molecule has 23 heavy (non-hydrogen) atoms. The molecule has 1 heterocycles. The van der Waals surface area contributed by atoms with E-state index in [2.05, 4.69) is 10.1 Å². The molecule has 0 bridgehead atoms. The molecule has 0 aromatic heterocycles. The predicted molar refractivity (Wildman–Crippen MR) is 80.1 cm³/mol. The van der Waals surface area contributed by atoms with Crippen LogP contribution in [0.1, 0.15) is 12.8 Å². The summed E-state index contributed by atoms with van der Waals surface area (Å²) in [5.41, 5.74) is 5.79. The Morgan fingerprint density at radius 3 is 2.65 bits per heavy atom. The van der Waals surface area contributed by atoms with E-state index in [4.69, 9.17) is 5.73 Å². The first-order valence-electron chi connectivity index (χ1n) is 7.30. The average molecular weight is 327 g/mol. The second kappa shape index (κ2) is 7.87. The third-order valence-electron chi connectivity index (χ3n) is 3.64. The van der Waals surface area contributed by atoms with Gasteiger partial charge in [-0.3, -0.25) is 14.5 Å². The number of carbonyl (C=O) groups is 2. The smallest absolute Gasteiger partial charge is 0.387 e. The highest BCUT2D eigenvalue weighted by molar-refractivity contribution is 5.92. The molecule has 1 atom stereocenters. The van der Waals surface area contributed by atoms with Crippen LogP contribution in [-0.4, -0.2) is 43.0 Å². The van der Waals surface area contributed by atoms with Crippen LogP contribution in [0, 0.1) is 5.92 Å². The van der Waals surface area contributed by atoms with Crippen molar-refractivity contribution in [3.8, 4) is 5.75 Å². The van der Waals surface area contributed by atoms with E-state index in [0.29, 0.717) is 12.2 Å². The SMILES string of the molecule is NC(=O)[C@H]1CCCN(CC(=O)Nc2ccc(OC(F)F)cc2)C1. The number of nitrogens with two attached hydrogens (primary N) is 1. The van der Waals surface area contributed by atoms with Gasteiger partial charge in [-0.05, 0) is 43.7 Å². The predicted octanol–water partition coefficient (Wildman–Crippen LogP) is 1.42. The summed E-state index contributed by atoms with van der Waals surface area (Å²) < 4.78 is 28.3. The minimum Gasteiger partial charge on any atom is -0.435 e. The molecule has 0 unspecified atom stereocenters. The monoisotopic (exact) mass is 327 g/mol. The first-order valence-corrected chi connectivity index (χ1v) is 7.30. The Morgan fingerprint density at radius 2 is 2.04 bits per heavy atom. The fraction of sp³-hybridized carbons (Fsp3) is 0.467. The standard InChI is InChI=1S/C15H19F2N3O3/c16-15(17)23-12-5-3-11(4-6-12)19-13(21)9-20-7-1-2-10(8-20)14(18)22/h3-6,10,15H,1-2,7-9H2,(H2,18,22)(H,19,21)/t10-/m0/s1. The number of ether oxygens (including phenoxy) is 1. The summed E-state index contributed by atoms with van der Waals surface area (Å²) in [6.07, 6.45) is 1.57. The molecule has 0 saturated carbocycles. The molecule has 6 nitrogen and oxygen atoms in total. The van der Waals surface area contributed by atoms with Crippen molar-refractivity contribution in [2.45, 2.75) is 19.5 Å². The first kappa shape index (κ1) is 17.1. The number of nitrogens with zero attached hydrogens (tertiary/aromatic N) is 1. The van der Waals surface area contributed by atoms with Crippen LogP contribution >= 0.6 is 0 Å². The van der Waals surface area contributed by atoms with Gasteiger partial charge in [-0.2, -0.15) is 8.78 Å². The molecule has 0 spiro atoms. The third-order valence-corrected chi connectivity index (χ3v) is 3.64.